The van der Waals surface area contributed by atoms with Gasteiger partial charge in [0.1, 0.15) is 0 Å². The number of aliphatic hydroxyl groups is 3. The van der Waals surface area contributed by atoms with Crippen LogP contribution in [0.5, 0.6) is 0 Å². The van der Waals surface area contributed by atoms with Crippen LogP contribution in [0.1, 0.15) is 85.5 Å². The summed E-state index contributed by atoms with van der Waals surface area (Å²) in [5, 5.41) is 31.9. The van der Waals surface area contributed by atoms with Crippen LogP contribution in [0.25, 0.3) is 0 Å². The number of carbonyl (C=O) groups excluding carboxylic acids is 1. The number of hydrogen-bond acceptors (Lipinski definition) is 4. The van der Waals surface area contributed by atoms with Crippen molar-refractivity contribution < 1.29 is 20.1 Å². The summed E-state index contributed by atoms with van der Waals surface area (Å²) in [5.41, 5.74) is -0.507. The molecule has 0 aromatic heterocycles. The van der Waals surface area contributed by atoms with Crippen molar-refractivity contribution in [2.24, 2.45) is 46.3 Å². The largest absolute Gasteiger partial charge is 0.378 e. The molecule has 0 aromatic carbocycles. The highest BCUT2D eigenvalue weighted by Crippen LogP contribution is 2.69. The van der Waals surface area contributed by atoms with E-state index in [1.807, 2.05) is 6.92 Å². The first-order chi connectivity index (χ1) is 13.1. The van der Waals surface area contributed by atoms with E-state index in [0.717, 1.165) is 37.5 Å². The molecule has 3 N–H and O–H groups in total. The fourth-order valence-corrected chi connectivity index (χ4v) is 8.69. The summed E-state index contributed by atoms with van der Waals surface area (Å²) in [6.07, 6.45) is 9.09. The molecule has 28 heavy (non-hydrogen) atoms. The molecular formula is C24H39O4. The zero-order valence-electron chi connectivity index (χ0n) is 18.1. The molecule has 1 unspecified atom stereocenters. The molecule has 8 atom stereocenters. The van der Waals surface area contributed by atoms with Crippen molar-refractivity contribution in [3.05, 3.63) is 6.10 Å². The van der Waals surface area contributed by atoms with Gasteiger partial charge in [-0.15, -0.1) is 0 Å². The van der Waals surface area contributed by atoms with Crippen LogP contribution >= 0.6 is 0 Å². The number of aliphatic hydroxyl groups excluding tert-OH is 1. The van der Waals surface area contributed by atoms with Crippen molar-refractivity contribution in [1.82, 2.24) is 0 Å². The van der Waals surface area contributed by atoms with Gasteiger partial charge < -0.3 is 15.3 Å². The van der Waals surface area contributed by atoms with Gasteiger partial charge in [-0.2, -0.15) is 0 Å². The van der Waals surface area contributed by atoms with Crippen molar-refractivity contribution in [2.45, 2.75) is 91.3 Å². The molecule has 4 nitrogen and oxygen atoms in total. The van der Waals surface area contributed by atoms with Gasteiger partial charge in [-0.25, -0.2) is 0 Å². The van der Waals surface area contributed by atoms with Gasteiger partial charge in [0, 0.05) is 5.41 Å². The molecule has 1 radical (unpaired) electrons. The van der Waals surface area contributed by atoms with E-state index in [9.17, 15) is 20.1 Å². The summed E-state index contributed by atoms with van der Waals surface area (Å²) < 4.78 is 0. The lowest BCUT2D eigenvalue weighted by Crippen LogP contribution is -2.68. The lowest BCUT2D eigenvalue weighted by atomic mass is 9.42. The maximum absolute atomic E-state index is 12.5. The first kappa shape index (κ1) is 20.8. The summed E-state index contributed by atoms with van der Waals surface area (Å²) in [5.74, 6) is -0.572. The zero-order chi connectivity index (χ0) is 20.5. The van der Waals surface area contributed by atoms with Gasteiger partial charge in [-0.05, 0) is 85.9 Å². The molecule has 0 aromatic rings. The minimum absolute atomic E-state index is 0.0259. The van der Waals surface area contributed by atoms with Crippen LogP contribution < -0.4 is 0 Å². The van der Waals surface area contributed by atoms with E-state index in [0.29, 0.717) is 23.7 Å². The predicted octanol–water partition coefficient (Wildman–Crippen LogP) is 4.46. The summed E-state index contributed by atoms with van der Waals surface area (Å²) >= 11 is 0. The minimum Gasteiger partial charge on any atom is -0.378 e. The molecule has 0 saturated heterocycles. The molecule has 0 spiro atoms. The third-order valence-corrected chi connectivity index (χ3v) is 10.2. The molecule has 4 fully saturated rings. The average Bonchev–Trinajstić information content (AvgIpc) is 2.99. The minimum atomic E-state index is -2.44. The van der Waals surface area contributed by atoms with Crippen LogP contribution in [0.3, 0.4) is 0 Å². The van der Waals surface area contributed by atoms with E-state index in [1.54, 1.807) is 0 Å². The Bertz CT molecular complexity index is 630. The van der Waals surface area contributed by atoms with Crippen LogP contribution in [0, 0.1) is 52.4 Å². The highest BCUT2D eigenvalue weighted by molar-refractivity contribution is 5.97. The van der Waals surface area contributed by atoms with E-state index in [2.05, 4.69) is 20.8 Å². The SMILES string of the molecule is CCC[C@@H](C)[C@H]1CC[C@H]2[C@@H]3CCC4C[C](O)C(=O)C(O)(O)[C@]4(C)[C@H]3CC[C@]12C. The molecule has 0 bridgehead atoms. The number of fused-ring (bicyclic) bond motifs is 5. The molecule has 4 heteroatoms. The highest BCUT2D eigenvalue weighted by atomic mass is 16.5. The van der Waals surface area contributed by atoms with Crippen molar-refractivity contribution in [3.8, 4) is 0 Å². The van der Waals surface area contributed by atoms with E-state index < -0.39 is 17.0 Å². The van der Waals surface area contributed by atoms with Gasteiger partial charge in [0.15, 0.2) is 6.10 Å². The lowest BCUT2D eigenvalue weighted by Gasteiger charge is -2.63. The smallest absolute Gasteiger partial charge is 0.233 e. The molecule has 4 saturated carbocycles. The molecule has 4 aliphatic rings. The Balaban J connectivity index is 1.65. The Hall–Kier alpha value is -0.450. The number of rotatable bonds is 3. The van der Waals surface area contributed by atoms with Crippen molar-refractivity contribution >= 4 is 5.78 Å². The topological polar surface area (TPSA) is 77.8 Å². The van der Waals surface area contributed by atoms with Crippen LogP contribution in [0.2, 0.25) is 0 Å². The summed E-state index contributed by atoms with van der Waals surface area (Å²) in [6.45, 7) is 9.13. The van der Waals surface area contributed by atoms with Crippen LogP contribution in [-0.2, 0) is 4.79 Å². The molecule has 0 amide bonds. The van der Waals surface area contributed by atoms with Gasteiger partial charge in [0.05, 0.1) is 0 Å². The van der Waals surface area contributed by atoms with Crippen LogP contribution in [0.4, 0.5) is 0 Å². The second kappa shape index (κ2) is 6.78. The van der Waals surface area contributed by atoms with Gasteiger partial charge in [0.2, 0.25) is 11.6 Å². The van der Waals surface area contributed by atoms with E-state index in [1.165, 1.54) is 25.7 Å². The van der Waals surface area contributed by atoms with Crippen molar-refractivity contribution in [2.75, 3.05) is 0 Å². The summed E-state index contributed by atoms with van der Waals surface area (Å²) in [4.78, 5) is 12.5. The molecule has 0 aliphatic heterocycles. The maximum atomic E-state index is 12.5. The quantitative estimate of drug-likeness (QED) is 0.621. The maximum Gasteiger partial charge on any atom is 0.233 e. The first-order valence-corrected chi connectivity index (χ1v) is 11.6. The van der Waals surface area contributed by atoms with E-state index >= 15 is 0 Å². The monoisotopic (exact) mass is 391 g/mol. The molecular weight excluding hydrogens is 352 g/mol. The normalized spacial score (nSPS) is 49.2. The lowest BCUT2D eigenvalue weighted by molar-refractivity contribution is -0.290. The van der Waals surface area contributed by atoms with Crippen LogP contribution in [-0.4, -0.2) is 26.9 Å². The predicted molar refractivity (Wildman–Crippen MR) is 107 cm³/mol. The fourth-order valence-electron chi connectivity index (χ4n) is 8.69. The summed E-state index contributed by atoms with van der Waals surface area (Å²) in [7, 11) is 0. The van der Waals surface area contributed by atoms with Gasteiger partial charge in [-0.1, -0.05) is 40.5 Å². The van der Waals surface area contributed by atoms with Crippen molar-refractivity contribution in [3.63, 3.8) is 0 Å². The van der Waals surface area contributed by atoms with E-state index in [-0.39, 0.29) is 17.9 Å². The number of carbonyl (C=O) groups is 1. The Morgan fingerprint density at radius 3 is 2.46 bits per heavy atom. The Morgan fingerprint density at radius 1 is 1.07 bits per heavy atom. The fraction of sp³-hybridized carbons (Fsp3) is 0.917. The first-order valence-electron chi connectivity index (χ1n) is 11.6. The third-order valence-electron chi connectivity index (χ3n) is 10.2. The van der Waals surface area contributed by atoms with Gasteiger partial charge in [-0.3, -0.25) is 4.79 Å². The second-order valence-corrected chi connectivity index (χ2v) is 11.1. The number of hydrogen-bond donors (Lipinski definition) is 3. The van der Waals surface area contributed by atoms with Gasteiger partial charge in [0.25, 0.3) is 0 Å². The summed E-state index contributed by atoms with van der Waals surface area (Å²) in [6, 6.07) is 0. The van der Waals surface area contributed by atoms with Crippen LogP contribution in [0.15, 0.2) is 0 Å². The van der Waals surface area contributed by atoms with Crippen molar-refractivity contribution in [1.29, 1.82) is 0 Å². The Kier molecular flexibility index (Phi) is 5.04. The molecule has 159 valence electrons. The third kappa shape index (κ3) is 2.56. The Morgan fingerprint density at radius 2 is 1.79 bits per heavy atom. The standard InChI is InChI=1S/C24H39O4/c1-5-6-14(2)17-9-10-18-16-8-7-15-13-20(25)21(26)24(27,28)23(15,4)19(16)11-12-22(17,18)3/h14-19,25,27-28H,5-13H2,1-4H3/t14-,15?,16+,17-,18+,19+,22-,23+/m1/s1. The molecule has 4 rings (SSSR count). The van der Waals surface area contributed by atoms with Gasteiger partial charge >= 0.3 is 0 Å². The molecule has 0 heterocycles. The Labute approximate surface area is 170 Å². The van der Waals surface area contributed by atoms with E-state index in [4.69, 9.17) is 0 Å². The molecule has 4 aliphatic carbocycles. The highest BCUT2D eigenvalue weighted by Gasteiger charge is 2.69. The number of Topliss-reactive ketones (excluding diaryl/α,β-unsaturated/α-hetero) is 1. The number of ketones is 1. The zero-order valence-corrected chi connectivity index (χ0v) is 18.1. The second-order valence-electron chi connectivity index (χ2n) is 11.1. The average molecular weight is 392 g/mol.